The summed E-state index contributed by atoms with van der Waals surface area (Å²) in [6.45, 7) is 5.91. The number of nitrogens with one attached hydrogen (secondary N) is 2. The first-order chi connectivity index (χ1) is 8.70. The summed E-state index contributed by atoms with van der Waals surface area (Å²) in [5.41, 5.74) is 1.90. The van der Waals surface area contributed by atoms with Gasteiger partial charge in [0.2, 0.25) is 5.91 Å². The second-order valence-corrected chi connectivity index (χ2v) is 5.18. The van der Waals surface area contributed by atoms with Gasteiger partial charge < -0.3 is 10.3 Å². The van der Waals surface area contributed by atoms with Crippen molar-refractivity contribution in [3.05, 3.63) is 36.9 Å². The van der Waals surface area contributed by atoms with Gasteiger partial charge in [-0.2, -0.15) is 0 Å². The number of thioether (sulfide) groups is 1. The molecule has 2 aromatic rings. The number of hydrogen-bond donors (Lipinski definition) is 2. The Labute approximate surface area is 110 Å². The summed E-state index contributed by atoms with van der Waals surface area (Å²) >= 11 is 1.41. The number of carbonyl (C=O) groups is 1. The third-order valence-electron chi connectivity index (χ3n) is 2.45. The number of fused-ring (bicyclic) bond motifs is 1. The van der Waals surface area contributed by atoms with E-state index in [1.54, 1.807) is 6.08 Å². The SMILES string of the molecule is C=CCNC(=O)C(C)Sc1nc2ccccc2[nH]1. The largest absolute Gasteiger partial charge is 0.352 e. The second kappa shape index (κ2) is 5.73. The Bertz CT molecular complexity index is 531. The van der Waals surface area contributed by atoms with Gasteiger partial charge in [0.1, 0.15) is 0 Å². The Morgan fingerprint density at radius 1 is 1.61 bits per heavy atom. The van der Waals surface area contributed by atoms with Crippen molar-refractivity contribution in [2.45, 2.75) is 17.3 Å². The maximum absolute atomic E-state index is 11.7. The van der Waals surface area contributed by atoms with E-state index in [0.717, 1.165) is 16.2 Å². The number of rotatable bonds is 5. The Hall–Kier alpha value is -1.75. The van der Waals surface area contributed by atoms with Crippen molar-refractivity contribution >= 4 is 28.7 Å². The molecule has 0 aliphatic rings. The molecule has 1 unspecified atom stereocenters. The average Bonchev–Trinajstić information content (AvgIpc) is 2.77. The van der Waals surface area contributed by atoms with E-state index in [9.17, 15) is 4.79 Å². The van der Waals surface area contributed by atoms with Crippen LogP contribution in [-0.2, 0) is 4.79 Å². The van der Waals surface area contributed by atoms with Crippen molar-refractivity contribution in [1.29, 1.82) is 0 Å². The molecule has 5 heteroatoms. The number of H-pyrrole nitrogens is 1. The van der Waals surface area contributed by atoms with Gasteiger partial charge in [0.25, 0.3) is 0 Å². The van der Waals surface area contributed by atoms with Gasteiger partial charge in [-0.15, -0.1) is 6.58 Å². The maximum atomic E-state index is 11.7. The highest BCUT2D eigenvalue weighted by molar-refractivity contribution is 8.00. The van der Waals surface area contributed by atoms with Gasteiger partial charge in [-0.05, 0) is 19.1 Å². The molecule has 1 amide bonds. The predicted octanol–water partition coefficient (Wildman–Crippen LogP) is 2.35. The van der Waals surface area contributed by atoms with Crippen LogP contribution in [0, 0.1) is 0 Å². The molecule has 1 heterocycles. The summed E-state index contributed by atoms with van der Waals surface area (Å²) in [6, 6.07) is 7.81. The van der Waals surface area contributed by atoms with Crippen LogP contribution < -0.4 is 5.32 Å². The third-order valence-corrected chi connectivity index (χ3v) is 3.43. The summed E-state index contributed by atoms with van der Waals surface area (Å²) in [4.78, 5) is 19.3. The highest BCUT2D eigenvalue weighted by Gasteiger charge is 2.15. The van der Waals surface area contributed by atoms with Gasteiger partial charge in [0.15, 0.2) is 5.16 Å². The lowest BCUT2D eigenvalue weighted by Crippen LogP contribution is -2.30. The van der Waals surface area contributed by atoms with Crippen LogP contribution in [0.2, 0.25) is 0 Å². The van der Waals surface area contributed by atoms with E-state index >= 15 is 0 Å². The van der Waals surface area contributed by atoms with Gasteiger partial charge in [-0.25, -0.2) is 4.98 Å². The molecule has 1 atom stereocenters. The quantitative estimate of drug-likeness (QED) is 0.641. The van der Waals surface area contributed by atoms with Crippen LogP contribution in [0.4, 0.5) is 0 Å². The molecule has 0 saturated carbocycles. The zero-order valence-corrected chi connectivity index (χ0v) is 11.0. The molecular weight excluding hydrogens is 246 g/mol. The first-order valence-corrected chi connectivity index (χ1v) is 6.58. The Kier molecular flexibility index (Phi) is 4.04. The zero-order valence-electron chi connectivity index (χ0n) is 10.1. The van der Waals surface area contributed by atoms with Crippen LogP contribution in [0.15, 0.2) is 42.1 Å². The molecule has 1 aromatic carbocycles. The molecule has 4 nitrogen and oxygen atoms in total. The van der Waals surface area contributed by atoms with E-state index in [1.165, 1.54) is 11.8 Å². The van der Waals surface area contributed by atoms with E-state index in [-0.39, 0.29) is 11.2 Å². The van der Waals surface area contributed by atoms with Crippen molar-refractivity contribution in [2.24, 2.45) is 0 Å². The number of aromatic amines is 1. The summed E-state index contributed by atoms with van der Waals surface area (Å²) < 4.78 is 0. The molecule has 0 aliphatic heterocycles. The molecule has 0 bridgehead atoms. The highest BCUT2D eigenvalue weighted by atomic mass is 32.2. The van der Waals surface area contributed by atoms with Crippen molar-refractivity contribution in [2.75, 3.05) is 6.54 Å². The molecule has 0 saturated heterocycles. The van der Waals surface area contributed by atoms with Crippen molar-refractivity contribution in [3.63, 3.8) is 0 Å². The summed E-state index contributed by atoms with van der Waals surface area (Å²) in [7, 11) is 0. The number of aromatic nitrogens is 2. The lowest BCUT2D eigenvalue weighted by molar-refractivity contribution is -0.120. The molecule has 2 N–H and O–H groups in total. The lowest BCUT2D eigenvalue weighted by atomic mass is 10.3. The molecule has 0 aliphatic carbocycles. The van der Waals surface area contributed by atoms with Crippen LogP contribution >= 0.6 is 11.8 Å². The Morgan fingerprint density at radius 2 is 2.39 bits per heavy atom. The minimum atomic E-state index is -0.189. The molecular formula is C13H15N3OS. The van der Waals surface area contributed by atoms with Crippen molar-refractivity contribution in [1.82, 2.24) is 15.3 Å². The van der Waals surface area contributed by atoms with E-state index in [1.807, 2.05) is 31.2 Å². The predicted molar refractivity (Wildman–Crippen MR) is 74.6 cm³/mol. The van der Waals surface area contributed by atoms with Crippen LogP contribution in [0.5, 0.6) is 0 Å². The highest BCUT2D eigenvalue weighted by Crippen LogP contribution is 2.23. The molecule has 2 rings (SSSR count). The second-order valence-electron chi connectivity index (χ2n) is 3.85. The molecule has 94 valence electrons. The van der Waals surface area contributed by atoms with E-state index in [0.29, 0.717) is 6.54 Å². The average molecular weight is 261 g/mol. The van der Waals surface area contributed by atoms with Gasteiger partial charge in [-0.1, -0.05) is 30.0 Å². The molecule has 0 fully saturated rings. The number of para-hydroxylation sites is 2. The van der Waals surface area contributed by atoms with E-state index in [4.69, 9.17) is 0 Å². The van der Waals surface area contributed by atoms with Crippen LogP contribution in [-0.4, -0.2) is 27.7 Å². The molecule has 18 heavy (non-hydrogen) atoms. The van der Waals surface area contributed by atoms with Gasteiger partial charge in [0, 0.05) is 6.54 Å². The minimum Gasteiger partial charge on any atom is -0.352 e. The third kappa shape index (κ3) is 2.92. The van der Waals surface area contributed by atoms with Gasteiger partial charge in [0.05, 0.1) is 16.3 Å². The summed E-state index contributed by atoms with van der Waals surface area (Å²) in [6.07, 6.45) is 1.66. The minimum absolute atomic E-state index is 0.0136. The normalized spacial score (nSPS) is 12.3. The van der Waals surface area contributed by atoms with Gasteiger partial charge >= 0.3 is 0 Å². The zero-order chi connectivity index (χ0) is 13.0. The molecule has 1 aromatic heterocycles. The topological polar surface area (TPSA) is 57.8 Å². The van der Waals surface area contributed by atoms with Gasteiger partial charge in [-0.3, -0.25) is 4.79 Å². The maximum Gasteiger partial charge on any atom is 0.233 e. The summed E-state index contributed by atoms with van der Waals surface area (Å²) in [5.74, 6) is -0.0136. The smallest absolute Gasteiger partial charge is 0.233 e. The van der Waals surface area contributed by atoms with E-state index < -0.39 is 0 Å². The number of imidazole rings is 1. The number of benzene rings is 1. The van der Waals surface area contributed by atoms with Crippen LogP contribution in [0.3, 0.4) is 0 Å². The summed E-state index contributed by atoms with van der Waals surface area (Å²) in [5, 5.41) is 3.34. The fourth-order valence-electron chi connectivity index (χ4n) is 1.52. The number of nitrogens with zero attached hydrogens (tertiary/aromatic N) is 1. The van der Waals surface area contributed by atoms with E-state index in [2.05, 4.69) is 21.9 Å². The van der Waals surface area contributed by atoms with Crippen molar-refractivity contribution in [3.8, 4) is 0 Å². The Morgan fingerprint density at radius 3 is 3.11 bits per heavy atom. The lowest BCUT2D eigenvalue weighted by Gasteiger charge is -2.08. The standard InChI is InChI=1S/C13H15N3OS/c1-3-8-14-12(17)9(2)18-13-15-10-6-4-5-7-11(10)16-13/h3-7,9H,1,8H2,2H3,(H,14,17)(H,15,16). The number of hydrogen-bond acceptors (Lipinski definition) is 3. The fourth-order valence-corrected chi connectivity index (χ4v) is 2.37. The first kappa shape index (κ1) is 12.7. The number of amides is 1. The molecule has 0 radical (unpaired) electrons. The van der Waals surface area contributed by atoms with Crippen LogP contribution in [0.1, 0.15) is 6.92 Å². The Balaban J connectivity index is 2.04. The molecule has 0 spiro atoms. The van der Waals surface area contributed by atoms with Crippen LogP contribution in [0.25, 0.3) is 11.0 Å². The fraction of sp³-hybridized carbons (Fsp3) is 0.231. The number of carbonyl (C=O) groups excluding carboxylic acids is 1. The van der Waals surface area contributed by atoms with Crippen molar-refractivity contribution < 1.29 is 4.79 Å². The first-order valence-electron chi connectivity index (χ1n) is 5.70. The monoisotopic (exact) mass is 261 g/mol.